The lowest BCUT2D eigenvalue weighted by Crippen LogP contribution is -2.38. The minimum absolute atomic E-state index is 0.207. The van der Waals surface area contributed by atoms with Gasteiger partial charge in [-0.2, -0.15) is 5.10 Å². The third kappa shape index (κ3) is 4.32. The van der Waals surface area contributed by atoms with Gasteiger partial charge in [0.05, 0.1) is 12.8 Å². The summed E-state index contributed by atoms with van der Waals surface area (Å²) in [7, 11) is 1.90. The van der Waals surface area contributed by atoms with Crippen molar-refractivity contribution in [3.05, 3.63) is 53.6 Å². The van der Waals surface area contributed by atoms with Gasteiger partial charge in [0.25, 0.3) is 0 Å². The van der Waals surface area contributed by atoms with E-state index in [9.17, 15) is 9.18 Å². The number of aromatic nitrogens is 2. The van der Waals surface area contributed by atoms with Gasteiger partial charge in [0, 0.05) is 26.3 Å². The van der Waals surface area contributed by atoms with Gasteiger partial charge in [-0.1, -0.05) is 12.1 Å². The van der Waals surface area contributed by atoms with Crippen LogP contribution in [0.3, 0.4) is 0 Å². The molecule has 24 heavy (non-hydrogen) atoms. The molecule has 1 N–H and O–H groups in total. The highest BCUT2D eigenvalue weighted by Gasteiger charge is 2.26. The zero-order valence-electron chi connectivity index (χ0n) is 13.6. The molecule has 0 spiro atoms. The number of nitrogens with zero attached hydrogens (tertiary/aromatic N) is 3. The fraction of sp³-hybridized carbons (Fsp3) is 0.412. The SMILES string of the molecule is Cn1cc(CC2CCN(C(=O)NOCc3ccc(F)cc3)C2)cn1. The van der Waals surface area contributed by atoms with E-state index in [2.05, 4.69) is 10.6 Å². The number of hydrogen-bond acceptors (Lipinski definition) is 3. The smallest absolute Gasteiger partial charge is 0.323 e. The summed E-state index contributed by atoms with van der Waals surface area (Å²) in [4.78, 5) is 19.1. The monoisotopic (exact) mass is 332 g/mol. The quantitative estimate of drug-likeness (QED) is 0.855. The Morgan fingerprint density at radius 1 is 1.38 bits per heavy atom. The van der Waals surface area contributed by atoms with Gasteiger partial charge >= 0.3 is 6.03 Å². The van der Waals surface area contributed by atoms with Crippen LogP contribution in [-0.2, 0) is 24.9 Å². The summed E-state index contributed by atoms with van der Waals surface area (Å²) < 4.78 is 14.6. The lowest BCUT2D eigenvalue weighted by Gasteiger charge is -2.17. The van der Waals surface area contributed by atoms with E-state index in [0.717, 1.165) is 24.9 Å². The number of halogens is 1. The first-order chi connectivity index (χ1) is 11.6. The van der Waals surface area contributed by atoms with Gasteiger partial charge in [-0.3, -0.25) is 9.52 Å². The fourth-order valence-corrected chi connectivity index (χ4v) is 2.92. The van der Waals surface area contributed by atoms with Gasteiger partial charge in [0.1, 0.15) is 5.82 Å². The number of carbonyl (C=O) groups is 1. The van der Waals surface area contributed by atoms with Gasteiger partial charge in [-0.05, 0) is 42.0 Å². The molecule has 1 unspecified atom stereocenters. The largest absolute Gasteiger partial charge is 0.341 e. The number of likely N-dealkylation sites (tertiary alicyclic amines) is 1. The molecule has 128 valence electrons. The topological polar surface area (TPSA) is 59.4 Å². The molecule has 3 rings (SSSR count). The lowest BCUT2D eigenvalue weighted by molar-refractivity contribution is 0.0383. The number of hydrogen-bond donors (Lipinski definition) is 1. The van der Waals surface area contributed by atoms with E-state index in [-0.39, 0.29) is 18.5 Å². The molecule has 1 saturated heterocycles. The normalized spacial score (nSPS) is 17.2. The van der Waals surface area contributed by atoms with Crippen LogP contribution in [0.25, 0.3) is 0 Å². The maximum atomic E-state index is 12.8. The van der Waals surface area contributed by atoms with Gasteiger partial charge in [-0.25, -0.2) is 14.7 Å². The molecule has 0 radical (unpaired) electrons. The average Bonchev–Trinajstić information content (AvgIpc) is 3.19. The molecule has 2 heterocycles. The van der Waals surface area contributed by atoms with Crippen molar-refractivity contribution >= 4 is 6.03 Å². The highest BCUT2D eigenvalue weighted by Crippen LogP contribution is 2.20. The van der Waals surface area contributed by atoms with Crippen LogP contribution in [0.4, 0.5) is 9.18 Å². The molecule has 1 aromatic carbocycles. The minimum atomic E-state index is -0.292. The summed E-state index contributed by atoms with van der Waals surface area (Å²) in [5.41, 5.74) is 4.44. The van der Waals surface area contributed by atoms with Crippen LogP contribution in [0.1, 0.15) is 17.5 Å². The minimum Gasteiger partial charge on any atom is -0.323 e. The Labute approximate surface area is 140 Å². The van der Waals surface area contributed by atoms with Gasteiger partial charge in [0.2, 0.25) is 0 Å². The number of benzene rings is 1. The number of amides is 2. The number of carbonyl (C=O) groups excluding carboxylic acids is 1. The Kier molecular flexibility index (Phi) is 5.10. The molecule has 7 heteroatoms. The van der Waals surface area contributed by atoms with Crippen molar-refractivity contribution in [1.82, 2.24) is 20.2 Å². The van der Waals surface area contributed by atoms with E-state index in [1.54, 1.807) is 21.7 Å². The zero-order chi connectivity index (χ0) is 16.9. The zero-order valence-corrected chi connectivity index (χ0v) is 13.6. The van der Waals surface area contributed by atoms with E-state index >= 15 is 0 Å². The van der Waals surface area contributed by atoms with Crippen molar-refractivity contribution in [3.63, 3.8) is 0 Å². The van der Waals surface area contributed by atoms with Gasteiger partial charge < -0.3 is 4.90 Å². The molecule has 0 aliphatic carbocycles. The van der Waals surface area contributed by atoms with Crippen LogP contribution < -0.4 is 5.48 Å². The lowest BCUT2D eigenvalue weighted by atomic mass is 10.0. The van der Waals surface area contributed by atoms with Crippen molar-refractivity contribution in [2.24, 2.45) is 13.0 Å². The van der Waals surface area contributed by atoms with E-state index < -0.39 is 0 Å². The van der Waals surface area contributed by atoms with Crippen LogP contribution in [0.5, 0.6) is 0 Å². The second-order valence-electron chi connectivity index (χ2n) is 6.15. The molecule has 2 amide bonds. The van der Waals surface area contributed by atoms with E-state index in [1.165, 1.54) is 17.7 Å². The van der Waals surface area contributed by atoms with Crippen LogP contribution in [0.2, 0.25) is 0 Å². The molecule has 0 bridgehead atoms. The summed E-state index contributed by atoms with van der Waals surface area (Å²) in [6, 6.07) is 5.75. The number of rotatable bonds is 5. The van der Waals surface area contributed by atoms with E-state index in [4.69, 9.17) is 4.84 Å². The summed E-state index contributed by atoms with van der Waals surface area (Å²) in [6.45, 7) is 1.64. The Hall–Kier alpha value is -2.41. The van der Waals surface area contributed by atoms with Crippen LogP contribution >= 0.6 is 0 Å². The van der Waals surface area contributed by atoms with Crippen molar-refractivity contribution in [3.8, 4) is 0 Å². The van der Waals surface area contributed by atoms with Gasteiger partial charge in [-0.15, -0.1) is 0 Å². The molecular weight excluding hydrogens is 311 g/mol. The number of aryl methyl sites for hydroxylation is 1. The fourth-order valence-electron chi connectivity index (χ4n) is 2.92. The first-order valence-corrected chi connectivity index (χ1v) is 7.99. The third-order valence-electron chi connectivity index (χ3n) is 4.17. The highest BCUT2D eigenvalue weighted by atomic mass is 19.1. The van der Waals surface area contributed by atoms with Crippen molar-refractivity contribution in [1.29, 1.82) is 0 Å². The highest BCUT2D eigenvalue weighted by molar-refractivity contribution is 5.73. The summed E-state index contributed by atoms with van der Waals surface area (Å²) in [5, 5.41) is 4.17. The first-order valence-electron chi connectivity index (χ1n) is 7.99. The second kappa shape index (κ2) is 7.44. The van der Waals surface area contributed by atoms with Crippen LogP contribution in [0, 0.1) is 11.7 Å². The molecule has 1 aliphatic heterocycles. The van der Waals surface area contributed by atoms with Crippen molar-refractivity contribution < 1.29 is 14.0 Å². The van der Waals surface area contributed by atoms with E-state index in [0.29, 0.717) is 12.5 Å². The number of urea groups is 1. The Bertz CT molecular complexity index is 686. The van der Waals surface area contributed by atoms with Crippen LogP contribution in [0.15, 0.2) is 36.7 Å². The molecule has 1 aromatic heterocycles. The molecule has 2 aromatic rings. The van der Waals surface area contributed by atoms with Crippen molar-refractivity contribution in [2.45, 2.75) is 19.4 Å². The van der Waals surface area contributed by atoms with Gasteiger partial charge in [0.15, 0.2) is 0 Å². The van der Waals surface area contributed by atoms with Crippen LogP contribution in [-0.4, -0.2) is 33.8 Å². The molecule has 1 atom stereocenters. The predicted octanol–water partition coefficient (Wildman–Crippen LogP) is 2.26. The Morgan fingerprint density at radius 3 is 2.88 bits per heavy atom. The standard InChI is InChI=1S/C17H21FN4O2/c1-21-10-15(9-19-21)8-14-6-7-22(11-14)17(23)20-24-12-13-2-4-16(18)5-3-13/h2-5,9-10,14H,6-8,11-12H2,1H3,(H,20,23). The molecular formula is C17H21FN4O2. The second-order valence-corrected chi connectivity index (χ2v) is 6.15. The predicted molar refractivity (Wildman–Crippen MR) is 86.3 cm³/mol. The maximum absolute atomic E-state index is 12.8. The summed E-state index contributed by atoms with van der Waals surface area (Å²) in [6.07, 6.45) is 5.78. The molecule has 1 fully saturated rings. The maximum Gasteiger partial charge on any atom is 0.341 e. The Morgan fingerprint density at radius 2 is 2.17 bits per heavy atom. The Balaban J connectivity index is 1.40. The first kappa shape index (κ1) is 16.4. The number of hydroxylamine groups is 1. The van der Waals surface area contributed by atoms with E-state index in [1.807, 2.05) is 19.4 Å². The summed E-state index contributed by atoms with van der Waals surface area (Å²) in [5.74, 6) is 0.150. The van der Waals surface area contributed by atoms with Crippen molar-refractivity contribution in [2.75, 3.05) is 13.1 Å². The third-order valence-corrected chi connectivity index (χ3v) is 4.17. The number of nitrogens with one attached hydrogen (secondary N) is 1. The molecule has 0 saturated carbocycles. The molecule has 6 nitrogen and oxygen atoms in total. The summed E-state index contributed by atoms with van der Waals surface area (Å²) >= 11 is 0. The molecule has 1 aliphatic rings. The average molecular weight is 332 g/mol.